The van der Waals surface area contributed by atoms with Gasteiger partial charge in [0.15, 0.2) is 0 Å². The molecule has 0 fully saturated rings. The fraction of sp³-hybridized carbons (Fsp3) is 0.333. The van der Waals surface area contributed by atoms with Crippen LogP contribution in [0.25, 0.3) is 11.1 Å². The molecule has 0 saturated heterocycles. The molecule has 106 valence electrons. The highest BCUT2D eigenvalue weighted by Gasteiger charge is 2.10. The normalized spacial score (nSPS) is 12.6. The minimum absolute atomic E-state index is 0.420. The van der Waals surface area contributed by atoms with Crippen LogP contribution in [0.5, 0.6) is 0 Å². The third kappa shape index (κ3) is 3.92. The maximum absolute atomic E-state index is 10.2. The van der Waals surface area contributed by atoms with E-state index in [1.807, 2.05) is 37.4 Å². The van der Waals surface area contributed by atoms with E-state index in [0.29, 0.717) is 6.54 Å². The number of hydrogen-bond acceptors (Lipinski definition) is 2. The summed E-state index contributed by atoms with van der Waals surface area (Å²) < 4.78 is 0. The first-order valence-electron chi connectivity index (χ1n) is 7.22. The Bertz CT molecular complexity index is 507. The van der Waals surface area contributed by atoms with Crippen molar-refractivity contribution in [2.45, 2.75) is 19.4 Å². The Morgan fingerprint density at radius 3 is 2.15 bits per heavy atom. The van der Waals surface area contributed by atoms with Crippen LogP contribution in [-0.2, 0) is 0 Å². The van der Waals surface area contributed by atoms with E-state index in [-0.39, 0.29) is 0 Å². The lowest BCUT2D eigenvalue weighted by Crippen LogP contribution is -2.25. The third-order valence-electron chi connectivity index (χ3n) is 3.49. The van der Waals surface area contributed by atoms with Crippen molar-refractivity contribution in [3.8, 4) is 11.1 Å². The fourth-order valence-electron chi connectivity index (χ4n) is 2.40. The molecule has 1 unspecified atom stereocenters. The van der Waals surface area contributed by atoms with Crippen LogP contribution in [0, 0.1) is 0 Å². The summed E-state index contributed by atoms with van der Waals surface area (Å²) in [6.07, 6.45) is 0.687. The molecule has 0 amide bonds. The van der Waals surface area contributed by atoms with E-state index in [0.717, 1.165) is 18.5 Å². The standard InChI is InChI=1S/C18H23NO/c1-3-13-19(2)14-18(20)17-11-9-16(10-12-17)15-7-5-4-6-8-15/h4-12,18,20H,3,13-14H2,1-2H3. The van der Waals surface area contributed by atoms with E-state index < -0.39 is 6.10 Å². The van der Waals surface area contributed by atoms with Crippen LogP contribution >= 0.6 is 0 Å². The molecule has 0 aromatic heterocycles. The van der Waals surface area contributed by atoms with Gasteiger partial charge in [0, 0.05) is 6.54 Å². The van der Waals surface area contributed by atoms with Gasteiger partial charge >= 0.3 is 0 Å². The van der Waals surface area contributed by atoms with Crippen molar-refractivity contribution in [2.75, 3.05) is 20.1 Å². The van der Waals surface area contributed by atoms with Gasteiger partial charge in [0.05, 0.1) is 6.10 Å². The molecule has 2 aromatic carbocycles. The predicted molar refractivity (Wildman–Crippen MR) is 84.6 cm³/mol. The molecular weight excluding hydrogens is 246 g/mol. The number of rotatable bonds is 6. The van der Waals surface area contributed by atoms with E-state index in [1.165, 1.54) is 11.1 Å². The van der Waals surface area contributed by atoms with Crippen LogP contribution in [0.2, 0.25) is 0 Å². The monoisotopic (exact) mass is 269 g/mol. The van der Waals surface area contributed by atoms with Crippen molar-refractivity contribution in [1.82, 2.24) is 4.90 Å². The molecule has 0 spiro atoms. The van der Waals surface area contributed by atoms with E-state index in [2.05, 4.69) is 36.1 Å². The molecule has 0 radical (unpaired) electrons. The second kappa shape index (κ2) is 7.22. The lowest BCUT2D eigenvalue weighted by atomic mass is 10.0. The number of aliphatic hydroxyl groups excluding tert-OH is 1. The van der Waals surface area contributed by atoms with E-state index >= 15 is 0 Å². The van der Waals surface area contributed by atoms with Crippen LogP contribution in [0.1, 0.15) is 25.0 Å². The first kappa shape index (κ1) is 14.8. The zero-order chi connectivity index (χ0) is 14.4. The first-order valence-corrected chi connectivity index (χ1v) is 7.22. The summed E-state index contributed by atoms with van der Waals surface area (Å²) >= 11 is 0. The van der Waals surface area contributed by atoms with Crippen LogP contribution in [-0.4, -0.2) is 30.1 Å². The molecule has 0 aliphatic carbocycles. The second-order valence-electron chi connectivity index (χ2n) is 5.27. The largest absolute Gasteiger partial charge is 0.387 e. The summed E-state index contributed by atoms with van der Waals surface area (Å²) in [6, 6.07) is 18.5. The van der Waals surface area contributed by atoms with Crippen LogP contribution < -0.4 is 0 Å². The van der Waals surface area contributed by atoms with Crippen LogP contribution in [0.3, 0.4) is 0 Å². The Morgan fingerprint density at radius 1 is 0.950 bits per heavy atom. The van der Waals surface area contributed by atoms with Gasteiger partial charge in [-0.2, -0.15) is 0 Å². The molecule has 1 atom stereocenters. The maximum Gasteiger partial charge on any atom is 0.0916 e. The quantitative estimate of drug-likeness (QED) is 0.863. The lowest BCUT2D eigenvalue weighted by molar-refractivity contribution is 0.127. The Morgan fingerprint density at radius 2 is 1.55 bits per heavy atom. The van der Waals surface area contributed by atoms with Gasteiger partial charge in [-0.05, 0) is 36.7 Å². The predicted octanol–water partition coefficient (Wildman–Crippen LogP) is 3.73. The highest BCUT2D eigenvalue weighted by molar-refractivity contribution is 5.63. The van der Waals surface area contributed by atoms with Crippen LogP contribution in [0.4, 0.5) is 0 Å². The highest BCUT2D eigenvalue weighted by Crippen LogP contribution is 2.22. The summed E-state index contributed by atoms with van der Waals surface area (Å²) in [5.74, 6) is 0. The lowest BCUT2D eigenvalue weighted by Gasteiger charge is -2.20. The Hall–Kier alpha value is -1.64. The van der Waals surface area contributed by atoms with Gasteiger partial charge in [-0.25, -0.2) is 0 Å². The molecule has 2 rings (SSSR count). The number of aliphatic hydroxyl groups is 1. The average Bonchev–Trinajstić information content (AvgIpc) is 2.48. The second-order valence-corrected chi connectivity index (χ2v) is 5.27. The van der Waals surface area contributed by atoms with Crippen molar-refractivity contribution in [2.24, 2.45) is 0 Å². The van der Waals surface area contributed by atoms with Gasteiger partial charge in [0.2, 0.25) is 0 Å². The first-order chi connectivity index (χ1) is 9.70. The molecule has 2 heteroatoms. The minimum Gasteiger partial charge on any atom is -0.387 e. The zero-order valence-corrected chi connectivity index (χ0v) is 12.3. The van der Waals surface area contributed by atoms with Crippen molar-refractivity contribution in [3.63, 3.8) is 0 Å². The summed E-state index contributed by atoms with van der Waals surface area (Å²) in [5.41, 5.74) is 3.37. The molecule has 0 aliphatic heterocycles. The number of benzene rings is 2. The van der Waals surface area contributed by atoms with Gasteiger partial charge in [0.25, 0.3) is 0 Å². The highest BCUT2D eigenvalue weighted by atomic mass is 16.3. The SMILES string of the molecule is CCCN(C)CC(O)c1ccc(-c2ccccc2)cc1. The van der Waals surface area contributed by atoms with Gasteiger partial charge in [-0.3, -0.25) is 0 Å². The Kier molecular flexibility index (Phi) is 5.33. The minimum atomic E-state index is -0.420. The van der Waals surface area contributed by atoms with E-state index in [1.54, 1.807) is 0 Å². The summed E-state index contributed by atoms with van der Waals surface area (Å²) in [5, 5.41) is 10.2. The average molecular weight is 269 g/mol. The van der Waals surface area contributed by atoms with Gasteiger partial charge < -0.3 is 10.0 Å². The van der Waals surface area contributed by atoms with Crippen LogP contribution in [0.15, 0.2) is 54.6 Å². The molecule has 0 saturated carbocycles. The molecular formula is C18H23NO. The molecule has 1 N–H and O–H groups in total. The number of likely N-dealkylation sites (N-methyl/N-ethyl adjacent to an activating group) is 1. The molecule has 2 nitrogen and oxygen atoms in total. The molecule has 0 bridgehead atoms. The van der Waals surface area contributed by atoms with E-state index in [9.17, 15) is 5.11 Å². The fourth-order valence-corrected chi connectivity index (χ4v) is 2.40. The smallest absolute Gasteiger partial charge is 0.0916 e. The third-order valence-corrected chi connectivity index (χ3v) is 3.49. The van der Waals surface area contributed by atoms with Crippen molar-refractivity contribution >= 4 is 0 Å². The van der Waals surface area contributed by atoms with Crippen molar-refractivity contribution < 1.29 is 5.11 Å². The van der Waals surface area contributed by atoms with Gasteiger partial charge in [-0.15, -0.1) is 0 Å². The number of hydrogen-bond donors (Lipinski definition) is 1. The maximum atomic E-state index is 10.2. The summed E-state index contributed by atoms with van der Waals surface area (Å²) in [6.45, 7) is 3.84. The zero-order valence-electron chi connectivity index (χ0n) is 12.3. The molecule has 2 aromatic rings. The topological polar surface area (TPSA) is 23.5 Å². The van der Waals surface area contributed by atoms with Crippen molar-refractivity contribution in [3.05, 3.63) is 60.2 Å². The molecule has 20 heavy (non-hydrogen) atoms. The van der Waals surface area contributed by atoms with Gasteiger partial charge in [0.1, 0.15) is 0 Å². The van der Waals surface area contributed by atoms with Crippen molar-refractivity contribution in [1.29, 1.82) is 0 Å². The number of nitrogens with zero attached hydrogens (tertiary/aromatic N) is 1. The Labute approximate surface area is 121 Å². The Balaban J connectivity index is 2.04. The summed E-state index contributed by atoms with van der Waals surface area (Å²) in [4.78, 5) is 2.16. The summed E-state index contributed by atoms with van der Waals surface area (Å²) in [7, 11) is 2.05. The van der Waals surface area contributed by atoms with E-state index in [4.69, 9.17) is 0 Å². The van der Waals surface area contributed by atoms with Gasteiger partial charge in [-0.1, -0.05) is 61.5 Å². The molecule has 0 heterocycles. The molecule has 0 aliphatic rings.